The molecule has 3 aromatic carbocycles. The fourth-order valence-corrected chi connectivity index (χ4v) is 2.47. The number of rotatable bonds is 4. The van der Waals surface area contributed by atoms with Gasteiger partial charge >= 0.3 is 0 Å². The number of nitrogens with one attached hydrogen (secondary N) is 1. The number of fused-ring (bicyclic) bond motifs is 1. The Kier molecular flexibility index (Phi) is 4.05. The molecule has 0 unspecified atom stereocenters. The second kappa shape index (κ2) is 6.31. The Balaban J connectivity index is 1.65. The molecule has 0 aliphatic rings. The van der Waals surface area contributed by atoms with Crippen molar-refractivity contribution in [2.24, 2.45) is 0 Å². The summed E-state index contributed by atoms with van der Waals surface area (Å²) in [5.41, 5.74) is 1.48. The van der Waals surface area contributed by atoms with Gasteiger partial charge in [0.15, 0.2) is 0 Å². The van der Waals surface area contributed by atoms with E-state index in [1.165, 1.54) is 0 Å². The van der Waals surface area contributed by atoms with E-state index < -0.39 is 0 Å². The van der Waals surface area contributed by atoms with E-state index in [0.29, 0.717) is 18.5 Å². The Labute approximate surface area is 129 Å². The Morgan fingerprint density at radius 1 is 0.909 bits per heavy atom. The van der Waals surface area contributed by atoms with Crippen LogP contribution < -0.4 is 5.32 Å². The Hall–Kier alpha value is -2.81. The van der Waals surface area contributed by atoms with E-state index in [4.69, 9.17) is 0 Å². The molecule has 0 aromatic heterocycles. The van der Waals surface area contributed by atoms with Crippen molar-refractivity contribution in [3.8, 4) is 5.75 Å². The molecule has 3 heteroatoms. The molecule has 2 N–H and O–H groups in total. The monoisotopic (exact) mass is 291 g/mol. The third-order valence-electron chi connectivity index (χ3n) is 3.68. The van der Waals surface area contributed by atoms with Crippen LogP contribution in [0.5, 0.6) is 5.75 Å². The highest BCUT2D eigenvalue weighted by atomic mass is 16.3. The number of para-hydroxylation sites is 1. The van der Waals surface area contributed by atoms with Gasteiger partial charge in [0.05, 0.1) is 0 Å². The zero-order valence-corrected chi connectivity index (χ0v) is 12.1. The summed E-state index contributed by atoms with van der Waals surface area (Å²) in [4.78, 5) is 12.2. The minimum Gasteiger partial charge on any atom is -0.508 e. The van der Waals surface area contributed by atoms with Gasteiger partial charge in [0, 0.05) is 12.1 Å². The Morgan fingerprint density at radius 2 is 1.64 bits per heavy atom. The normalized spacial score (nSPS) is 10.5. The standard InChI is InChI=1S/C19H17NO2/c21-18-8-4-3-6-15(18)11-12-20-19(22)17-10-9-14-5-1-2-7-16(14)13-17/h1-10,13,21H,11-12H2,(H,20,22). The zero-order valence-electron chi connectivity index (χ0n) is 12.1. The van der Waals surface area contributed by atoms with Crippen LogP contribution in [0.4, 0.5) is 0 Å². The number of aromatic hydroxyl groups is 1. The predicted molar refractivity (Wildman–Crippen MR) is 88.1 cm³/mol. The topological polar surface area (TPSA) is 49.3 Å². The van der Waals surface area contributed by atoms with Crippen molar-refractivity contribution < 1.29 is 9.90 Å². The van der Waals surface area contributed by atoms with Gasteiger partial charge in [-0.25, -0.2) is 0 Å². The molecule has 0 fully saturated rings. The highest BCUT2D eigenvalue weighted by Crippen LogP contribution is 2.17. The third-order valence-corrected chi connectivity index (χ3v) is 3.68. The third kappa shape index (κ3) is 3.09. The van der Waals surface area contributed by atoms with Crippen LogP contribution >= 0.6 is 0 Å². The Morgan fingerprint density at radius 3 is 2.45 bits per heavy atom. The lowest BCUT2D eigenvalue weighted by Gasteiger charge is -2.07. The number of hydrogen-bond donors (Lipinski definition) is 2. The van der Waals surface area contributed by atoms with Crippen molar-refractivity contribution in [2.45, 2.75) is 6.42 Å². The summed E-state index contributed by atoms with van der Waals surface area (Å²) >= 11 is 0. The average molecular weight is 291 g/mol. The molecule has 22 heavy (non-hydrogen) atoms. The smallest absolute Gasteiger partial charge is 0.251 e. The lowest BCUT2D eigenvalue weighted by molar-refractivity contribution is 0.0954. The van der Waals surface area contributed by atoms with Crippen LogP contribution in [0, 0.1) is 0 Å². The largest absolute Gasteiger partial charge is 0.508 e. The maximum absolute atomic E-state index is 12.2. The number of phenols is 1. The SMILES string of the molecule is O=C(NCCc1ccccc1O)c1ccc2ccccc2c1. The molecule has 110 valence electrons. The second-order valence-corrected chi connectivity index (χ2v) is 5.20. The van der Waals surface area contributed by atoms with Crippen molar-refractivity contribution in [1.82, 2.24) is 5.32 Å². The van der Waals surface area contributed by atoms with Crippen LogP contribution in [0.2, 0.25) is 0 Å². The molecular formula is C19H17NO2. The molecule has 0 atom stereocenters. The number of carbonyl (C=O) groups is 1. The molecule has 0 spiro atoms. The average Bonchev–Trinajstić information content (AvgIpc) is 2.56. The first-order valence-corrected chi connectivity index (χ1v) is 7.28. The molecule has 3 rings (SSSR count). The van der Waals surface area contributed by atoms with E-state index >= 15 is 0 Å². The molecule has 0 saturated heterocycles. The summed E-state index contributed by atoms with van der Waals surface area (Å²) in [7, 11) is 0. The number of benzene rings is 3. The molecule has 0 heterocycles. The van der Waals surface area contributed by atoms with Crippen molar-refractivity contribution in [1.29, 1.82) is 0 Å². The molecule has 3 aromatic rings. The van der Waals surface area contributed by atoms with Crippen LogP contribution in [0.1, 0.15) is 15.9 Å². The van der Waals surface area contributed by atoms with Crippen molar-refractivity contribution >= 4 is 16.7 Å². The quantitative estimate of drug-likeness (QED) is 0.772. The van der Waals surface area contributed by atoms with Crippen LogP contribution in [-0.4, -0.2) is 17.6 Å². The minimum absolute atomic E-state index is 0.0961. The maximum Gasteiger partial charge on any atom is 0.251 e. The van der Waals surface area contributed by atoms with Crippen LogP contribution in [0.15, 0.2) is 66.7 Å². The Bertz CT molecular complexity index is 811. The van der Waals surface area contributed by atoms with E-state index in [1.54, 1.807) is 12.1 Å². The molecule has 0 aliphatic heterocycles. The zero-order chi connectivity index (χ0) is 15.4. The van der Waals surface area contributed by atoms with E-state index in [0.717, 1.165) is 16.3 Å². The van der Waals surface area contributed by atoms with Crippen LogP contribution in [0.25, 0.3) is 10.8 Å². The number of carbonyl (C=O) groups excluding carboxylic acids is 1. The second-order valence-electron chi connectivity index (χ2n) is 5.20. The van der Waals surface area contributed by atoms with Crippen molar-refractivity contribution in [3.63, 3.8) is 0 Å². The van der Waals surface area contributed by atoms with Gasteiger partial charge in [-0.2, -0.15) is 0 Å². The predicted octanol–water partition coefficient (Wildman–Crippen LogP) is 3.52. The minimum atomic E-state index is -0.0961. The van der Waals surface area contributed by atoms with Gasteiger partial charge in [0.2, 0.25) is 0 Å². The summed E-state index contributed by atoms with van der Waals surface area (Å²) in [6.45, 7) is 0.489. The summed E-state index contributed by atoms with van der Waals surface area (Å²) in [5.74, 6) is 0.170. The first kappa shape index (κ1) is 14.1. The summed E-state index contributed by atoms with van der Waals surface area (Å²) in [5, 5.41) is 14.8. The number of amides is 1. The summed E-state index contributed by atoms with van der Waals surface area (Å²) in [6.07, 6.45) is 0.603. The van der Waals surface area contributed by atoms with Gasteiger partial charge in [-0.3, -0.25) is 4.79 Å². The lowest BCUT2D eigenvalue weighted by atomic mass is 10.1. The van der Waals surface area contributed by atoms with E-state index in [2.05, 4.69) is 5.32 Å². The molecule has 0 saturated carbocycles. The molecular weight excluding hydrogens is 274 g/mol. The van der Waals surface area contributed by atoms with Gasteiger partial charge in [-0.1, -0.05) is 48.5 Å². The number of hydrogen-bond acceptors (Lipinski definition) is 2. The van der Waals surface area contributed by atoms with Gasteiger partial charge < -0.3 is 10.4 Å². The maximum atomic E-state index is 12.2. The summed E-state index contributed by atoms with van der Waals surface area (Å²) < 4.78 is 0. The molecule has 0 aliphatic carbocycles. The highest BCUT2D eigenvalue weighted by Gasteiger charge is 2.06. The summed E-state index contributed by atoms with van der Waals surface area (Å²) in [6, 6.07) is 20.8. The van der Waals surface area contributed by atoms with E-state index in [1.807, 2.05) is 54.6 Å². The van der Waals surface area contributed by atoms with Crippen molar-refractivity contribution in [2.75, 3.05) is 6.54 Å². The van der Waals surface area contributed by atoms with Crippen LogP contribution in [-0.2, 0) is 6.42 Å². The molecule has 0 bridgehead atoms. The highest BCUT2D eigenvalue weighted by molar-refractivity contribution is 5.98. The molecule has 0 radical (unpaired) electrons. The fraction of sp³-hybridized carbons (Fsp3) is 0.105. The molecule has 3 nitrogen and oxygen atoms in total. The van der Waals surface area contributed by atoms with Gasteiger partial charge in [0.25, 0.3) is 5.91 Å². The van der Waals surface area contributed by atoms with E-state index in [-0.39, 0.29) is 11.7 Å². The van der Waals surface area contributed by atoms with Gasteiger partial charge in [-0.05, 0) is 41.0 Å². The van der Waals surface area contributed by atoms with Crippen molar-refractivity contribution in [3.05, 3.63) is 77.9 Å². The number of phenolic OH excluding ortho intramolecular Hbond substituents is 1. The fourth-order valence-electron chi connectivity index (χ4n) is 2.47. The van der Waals surface area contributed by atoms with Gasteiger partial charge in [0.1, 0.15) is 5.75 Å². The first-order chi connectivity index (χ1) is 10.7. The van der Waals surface area contributed by atoms with Crippen LogP contribution in [0.3, 0.4) is 0 Å². The molecule has 1 amide bonds. The van der Waals surface area contributed by atoms with E-state index in [9.17, 15) is 9.90 Å². The lowest BCUT2D eigenvalue weighted by Crippen LogP contribution is -2.25. The van der Waals surface area contributed by atoms with Gasteiger partial charge in [-0.15, -0.1) is 0 Å². The first-order valence-electron chi connectivity index (χ1n) is 7.28.